The zero-order valence-corrected chi connectivity index (χ0v) is 7.22. The first kappa shape index (κ1) is 13.0. The Morgan fingerprint density at radius 3 is 2.00 bits per heavy atom. The molecule has 14 heavy (non-hydrogen) atoms. The minimum atomic E-state index is -1.75. The van der Waals surface area contributed by atoms with Gasteiger partial charge >= 0.3 is 0 Å². The largest absolute Gasteiger partial charge is 0.394 e. The summed E-state index contributed by atoms with van der Waals surface area (Å²) in [7, 11) is 0. The molecule has 0 bridgehead atoms. The summed E-state index contributed by atoms with van der Waals surface area (Å²) in [6.45, 7) is -1.38. The van der Waals surface area contributed by atoms with Crippen molar-refractivity contribution in [3.05, 3.63) is 9.81 Å². The van der Waals surface area contributed by atoms with E-state index in [0.717, 1.165) is 0 Å². The predicted octanol–water partition coefficient (Wildman–Crippen LogP) is -2.04. The molecule has 4 N–H and O–H groups in total. The highest BCUT2D eigenvalue weighted by atomic mass is 16.4. The van der Waals surface area contributed by atoms with Gasteiger partial charge in [0, 0.05) is 0 Å². The average molecular weight is 208 g/mol. The molecule has 0 aliphatic rings. The van der Waals surface area contributed by atoms with Crippen LogP contribution in [0.15, 0.2) is 10.4 Å². The van der Waals surface area contributed by atoms with Gasteiger partial charge in [-0.05, 0) is 0 Å². The van der Waals surface area contributed by atoms with E-state index in [4.69, 9.17) is 20.4 Å². The number of aliphatic hydroxyl groups excluding tert-OH is 4. The first-order valence-electron chi connectivity index (χ1n) is 3.85. The van der Waals surface area contributed by atoms with Crippen LogP contribution in [0.1, 0.15) is 0 Å². The highest BCUT2D eigenvalue weighted by Crippen LogP contribution is 2.07. The van der Waals surface area contributed by atoms with Gasteiger partial charge in [0.15, 0.2) is 0 Å². The van der Waals surface area contributed by atoms with Gasteiger partial charge in [0.2, 0.25) is 0 Å². The van der Waals surface area contributed by atoms with Crippen molar-refractivity contribution in [3.63, 3.8) is 0 Å². The third-order valence-electron chi connectivity index (χ3n) is 1.72. The van der Waals surface area contributed by atoms with Gasteiger partial charge in [-0.25, -0.2) is 0 Å². The van der Waals surface area contributed by atoms with Crippen LogP contribution in [0.25, 0.3) is 0 Å². The molecule has 0 spiro atoms. The lowest BCUT2D eigenvalue weighted by Gasteiger charge is -2.23. The Morgan fingerprint density at radius 2 is 1.64 bits per heavy atom. The molecule has 0 saturated carbocycles. The van der Waals surface area contributed by atoms with Crippen LogP contribution in [0, 0.1) is 9.81 Å². The van der Waals surface area contributed by atoms with Crippen molar-refractivity contribution in [2.75, 3.05) is 13.2 Å². The van der Waals surface area contributed by atoms with Gasteiger partial charge in [-0.2, -0.15) is 9.81 Å². The summed E-state index contributed by atoms with van der Waals surface area (Å²) in [6, 6.07) is -1.44. The molecule has 8 heteroatoms. The van der Waals surface area contributed by atoms with Crippen molar-refractivity contribution in [1.29, 1.82) is 0 Å². The van der Waals surface area contributed by atoms with E-state index in [1.54, 1.807) is 0 Å². The lowest BCUT2D eigenvalue weighted by atomic mass is 10.0. The van der Waals surface area contributed by atoms with Crippen molar-refractivity contribution in [2.24, 2.45) is 10.4 Å². The van der Waals surface area contributed by atoms with Gasteiger partial charge in [-0.1, -0.05) is 10.4 Å². The predicted molar refractivity (Wildman–Crippen MR) is 45.4 cm³/mol. The summed E-state index contributed by atoms with van der Waals surface area (Å²) in [5.41, 5.74) is 0. The molecule has 0 saturated heterocycles. The number of hydrogen-bond donors (Lipinski definition) is 4. The molecule has 0 fully saturated rings. The van der Waals surface area contributed by atoms with E-state index in [2.05, 4.69) is 10.4 Å². The molecule has 0 radical (unpaired) electrons. The van der Waals surface area contributed by atoms with Gasteiger partial charge in [-0.3, -0.25) is 0 Å². The molecule has 4 atom stereocenters. The third kappa shape index (κ3) is 3.42. The maximum atomic E-state index is 10.0. The van der Waals surface area contributed by atoms with E-state index in [0.29, 0.717) is 0 Å². The van der Waals surface area contributed by atoms with Crippen LogP contribution in [0.2, 0.25) is 0 Å². The SMILES string of the molecule is O=NCC(O)C(O)C(O)C(CO)N=O. The van der Waals surface area contributed by atoms with Gasteiger partial charge in [0.05, 0.1) is 6.61 Å². The molecule has 0 amide bonds. The molecule has 0 aromatic carbocycles. The minimum absolute atomic E-state index is 0.616. The van der Waals surface area contributed by atoms with E-state index >= 15 is 0 Å². The fourth-order valence-corrected chi connectivity index (χ4v) is 0.843. The third-order valence-corrected chi connectivity index (χ3v) is 1.72. The summed E-state index contributed by atoms with van der Waals surface area (Å²) in [5.74, 6) is 0. The fraction of sp³-hybridized carbons (Fsp3) is 1.00. The molecule has 8 nitrogen and oxygen atoms in total. The van der Waals surface area contributed by atoms with Gasteiger partial charge in [-0.15, -0.1) is 0 Å². The molecule has 0 aliphatic carbocycles. The number of hydrogen-bond acceptors (Lipinski definition) is 8. The van der Waals surface area contributed by atoms with Crippen LogP contribution in [0.3, 0.4) is 0 Å². The zero-order chi connectivity index (χ0) is 11.1. The highest BCUT2D eigenvalue weighted by Gasteiger charge is 2.31. The molecule has 82 valence electrons. The second-order valence-corrected chi connectivity index (χ2v) is 2.72. The Balaban J connectivity index is 4.26. The van der Waals surface area contributed by atoms with E-state index in [1.165, 1.54) is 0 Å². The summed E-state index contributed by atoms with van der Waals surface area (Å²) < 4.78 is 0. The molecular weight excluding hydrogens is 196 g/mol. The Hall–Kier alpha value is -0.960. The van der Waals surface area contributed by atoms with E-state index < -0.39 is 37.5 Å². The molecule has 0 heterocycles. The number of nitrogens with zero attached hydrogens (tertiary/aromatic N) is 2. The number of rotatable bonds is 7. The van der Waals surface area contributed by atoms with Gasteiger partial charge in [0.25, 0.3) is 0 Å². The Morgan fingerprint density at radius 1 is 1.07 bits per heavy atom. The van der Waals surface area contributed by atoms with Crippen molar-refractivity contribution >= 4 is 0 Å². The van der Waals surface area contributed by atoms with Crippen molar-refractivity contribution in [2.45, 2.75) is 24.4 Å². The normalized spacial score (nSPS) is 19.4. The van der Waals surface area contributed by atoms with Crippen LogP contribution >= 0.6 is 0 Å². The Bertz CT molecular complexity index is 189. The zero-order valence-electron chi connectivity index (χ0n) is 7.22. The van der Waals surface area contributed by atoms with Crippen molar-refractivity contribution < 1.29 is 20.4 Å². The summed E-state index contributed by atoms with van der Waals surface area (Å²) in [6.07, 6.45) is -5.06. The Kier molecular flexibility index (Phi) is 6.04. The van der Waals surface area contributed by atoms with Crippen LogP contribution in [-0.2, 0) is 0 Å². The minimum Gasteiger partial charge on any atom is -0.394 e. The molecular formula is C6H12N2O6. The van der Waals surface area contributed by atoms with Crippen LogP contribution in [0.5, 0.6) is 0 Å². The maximum Gasteiger partial charge on any atom is 0.143 e. The lowest BCUT2D eigenvalue weighted by molar-refractivity contribution is -0.0689. The summed E-state index contributed by atoms with van der Waals surface area (Å²) >= 11 is 0. The summed E-state index contributed by atoms with van der Waals surface area (Å²) in [5, 5.41) is 40.5. The molecule has 0 rings (SSSR count). The van der Waals surface area contributed by atoms with E-state index in [1.807, 2.05) is 0 Å². The highest BCUT2D eigenvalue weighted by molar-refractivity contribution is 4.85. The maximum absolute atomic E-state index is 10.0. The quantitative estimate of drug-likeness (QED) is 0.355. The van der Waals surface area contributed by atoms with Crippen LogP contribution < -0.4 is 0 Å². The first-order valence-corrected chi connectivity index (χ1v) is 3.85. The molecule has 4 unspecified atom stereocenters. The Labute approximate surface area is 79.1 Å². The van der Waals surface area contributed by atoms with E-state index in [-0.39, 0.29) is 0 Å². The molecule has 0 aromatic heterocycles. The van der Waals surface area contributed by atoms with Crippen molar-refractivity contribution in [3.8, 4) is 0 Å². The number of aliphatic hydroxyl groups is 4. The molecule has 0 aliphatic heterocycles. The van der Waals surface area contributed by atoms with Crippen molar-refractivity contribution in [1.82, 2.24) is 0 Å². The second kappa shape index (κ2) is 6.49. The van der Waals surface area contributed by atoms with Crippen LogP contribution in [-0.4, -0.2) is 57.9 Å². The van der Waals surface area contributed by atoms with Gasteiger partial charge in [0.1, 0.15) is 30.9 Å². The smallest absolute Gasteiger partial charge is 0.143 e. The van der Waals surface area contributed by atoms with Gasteiger partial charge < -0.3 is 20.4 Å². The fourth-order valence-electron chi connectivity index (χ4n) is 0.843. The lowest BCUT2D eigenvalue weighted by Crippen LogP contribution is -2.46. The first-order chi connectivity index (χ1) is 6.58. The summed E-state index contributed by atoms with van der Waals surface area (Å²) in [4.78, 5) is 19.7. The topological polar surface area (TPSA) is 140 Å². The monoisotopic (exact) mass is 208 g/mol. The average Bonchev–Trinajstić information content (AvgIpc) is 2.18. The molecule has 0 aromatic rings. The second-order valence-electron chi connectivity index (χ2n) is 2.72. The van der Waals surface area contributed by atoms with Crippen LogP contribution in [0.4, 0.5) is 0 Å². The van der Waals surface area contributed by atoms with E-state index in [9.17, 15) is 9.81 Å². The number of nitroso groups, excluding NO2 is 2. The standard InChI is InChI=1S/C6H12N2O6/c9-2-3(8-14)5(11)6(12)4(10)1-7-13/h3-6,9-12H,1-2H2.